The van der Waals surface area contributed by atoms with E-state index in [4.69, 9.17) is 33.4 Å². The Labute approximate surface area is 77.7 Å². The predicted octanol–water partition coefficient (Wildman–Crippen LogP) is 1.40. The van der Waals surface area contributed by atoms with Gasteiger partial charge in [-0.05, 0) is 12.2 Å². The van der Waals surface area contributed by atoms with Crippen LogP contribution in [-0.4, -0.2) is 22.2 Å². The van der Waals surface area contributed by atoms with E-state index in [1.165, 1.54) is 0 Å². The number of hydrogen-bond donors (Lipinski definition) is 2. The molecule has 0 amide bonds. The molecule has 0 aliphatic heterocycles. The molecule has 0 unspecified atom stereocenters. The number of carboxylic acid groups (broad SMARTS) is 2. The summed E-state index contributed by atoms with van der Waals surface area (Å²) >= 11 is 10.3. The molecule has 0 saturated carbocycles. The van der Waals surface area contributed by atoms with Crippen LogP contribution in [0.25, 0.3) is 0 Å². The fourth-order valence-corrected chi connectivity index (χ4v) is 0.506. The third-order valence-electron chi connectivity index (χ3n) is 0.837. The standard InChI is InChI=1S/C6H4Cl2O4/c7-4(8)2-1-3(5(9)10)6(11)12/h1-2H,(H,9,10)(H,11,12). The molecule has 0 aromatic carbocycles. The van der Waals surface area contributed by atoms with E-state index in [1.807, 2.05) is 0 Å². The van der Waals surface area contributed by atoms with Gasteiger partial charge in [0.1, 0.15) is 10.1 Å². The smallest absolute Gasteiger partial charge is 0.343 e. The Bertz CT molecular complexity index is 247. The van der Waals surface area contributed by atoms with Gasteiger partial charge in [0.05, 0.1) is 0 Å². The maximum atomic E-state index is 10.2. The minimum absolute atomic E-state index is 0.213. The van der Waals surface area contributed by atoms with Crippen molar-refractivity contribution in [2.45, 2.75) is 0 Å². The van der Waals surface area contributed by atoms with Gasteiger partial charge in [-0.15, -0.1) is 0 Å². The highest BCUT2D eigenvalue weighted by molar-refractivity contribution is 6.56. The molecule has 0 heterocycles. The molecule has 2 N–H and O–H groups in total. The summed E-state index contributed by atoms with van der Waals surface area (Å²) in [6, 6.07) is 0. The molecule has 0 fully saturated rings. The normalized spacial score (nSPS) is 8.50. The first-order chi connectivity index (χ1) is 5.45. The van der Waals surface area contributed by atoms with Crippen LogP contribution in [0.5, 0.6) is 0 Å². The van der Waals surface area contributed by atoms with Gasteiger partial charge in [0.25, 0.3) is 0 Å². The predicted molar refractivity (Wildman–Crippen MR) is 43.1 cm³/mol. The van der Waals surface area contributed by atoms with Gasteiger partial charge in [0.2, 0.25) is 0 Å². The second kappa shape index (κ2) is 4.79. The first-order valence-electron chi connectivity index (χ1n) is 2.64. The fraction of sp³-hybridized carbons (Fsp3) is 0. The summed E-state index contributed by atoms with van der Waals surface area (Å²) in [4.78, 5) is 20.4. The van der Waals surface area contributed by atoms with Crippen LogP contribution >= 0.6 is 23.2 Å². The van der Waals surface area contributed by atoms with Crippen LogP contribution in [0.3, 0.4) is 0 Å². The lowest BCUT2D eigenvalue weighted by atomic mass is 10.2. The first kappa shape index (κ1) is 11.0. The molecule has 0 rings (SSSR count). The van der Waals surface area contributed by atoms with E-state index in [2.05, 4.69) is 0 Å². The van der Waals surface area contributed by atoms with Gasteiger partial charge in [-0.3, -0.25) is 0 Å². The average Bonchev–Trinajstić information content (AvgIpc) is 1.84. The maximum absolute atomic E-state index is 10.2. The fourth-order valence-electron chi connectivity index (χ4n) is 0.380. The zero-order valence-corrected chi connectivity index (χ0v) is 7.13. The molecule has 0 aliphatic carbocycles. The SMILES string of the molecule is O=C(O)C(=CC=C(Cl)Cl)C(=O)O. The van der Waals surface area contributed by atoms with Crippen LogP contribution in [0.4, 0.5) is 0 Å². The Morgan fingerprint density at radius 3 is 1.67 bits per heavy atom. The van der Waals surface area contributed by atoms with Crippen LogP contribution in [-0.2, 0) is 9.59 Å². The van der Waals surface area contributed by atoms with Crippen LogP contribution in [0, 0.1) is 0 Å². The lowest BCUT2D eigenvalue weighted by Crippen LogP contribution is -2.10. The van der Waals surface area contributed by atoms with Crippen molar-refractivity contribution in [2.75, 3.05) is 0 Å². The zero-order chi connectivity index (χ0) is 9.72. The molecule has 0 saturated heterocycles. The molecule has 4 nitrogen and oxygen atoms in total. The van der Waals surface area contributed by atoms with Crippen molar-refractivity contribution in [1.29, 1.82) is 0 Å². The Balaban J connectivity index is 4.75. The second-order valence-corrected chi connectivity index (χ2v) is 2.65. The number of aliphatic carboxylic acids is 2. The summed E-state index contributed by atoms with van der Waals surface area (Å²) in [6.45, 7) is 0. The number of carboxylic acids is 2. The summed E-state index contributed by atoms with van der Waals surface area (Å²) < 4.78 is -0.213. The van der Waals surface area contributed by atoms with Crippen molar-refractivity contribution in [3.05, 3.63) is 22.2 Å². The summed E-state index contributed by atoms with van der Waals surface area (Å²) in [5.41, 5.74) is -0.797. The van der Waals surface area contributed by atoms with E-state index in [0.29, 0.717) is 0 Å². The summed E-state index contributed by atoms with van der Waals surface area (Å²) in [7, 11) is 0. The Hall–Kier alpha value is -1.00. The van der Waals surface area contributed by atoms with Gasteiger partial charge in [0.15, 0.2) is 0 Å². The first-order valence-corrected chi connectivity index (χ1v) is 3.40. The summed E-state index contributed by atoms with van der Waals surface area (Å²) in [5.74, 6) is -3.10. The molecule has 0 aliphatic rings. The van der Waals surface area contributed by atoms with Crippen LogP contribution < -0.4 is 0 Å². The molecular weight excluding hydrogens is 207 g/mol. The molecule has 0 aromatic heterocycles. The molecule has 6 heteroatoms. The number of rotatable bonds is 3. The molecule has 0 atom stereocenters. The Morgan fingerprint density at radius 1 is 1.00 bits per heavy atom. The van der Waals surface area contributed by atoms with E-state index in [-0.39, 0.29) is 4.49 Å². The largest absolute Gasteiger partial charge is 0.477 e. The minimum Gasteiger partial charge on any atom is -0.477 e. The van der Waals surface area contributed by atoms with E-state index in [9.17, 15) is 9.59 Å². The van der Waals surface area contributed by atoms with Crippen molar-refractivity contribution in [3.8, 4) is 0 Å². The van der Waals surface area contributed by atoms with Crippen molar-refractivity contribution < 1.29 is 19.8 Å². The van der Waals surface area contributed by atoms with Crippen LogP contribution in [0.15, 0.2) is 22.2 Å². The van der Waals surface area contributed by atoms with Gasteiger partial charge in [0, 0.05) is 0 Å². The van der Waals surface area contributed by atoms with Crippen molar-refractivity contribution >= 4 is 35.1 Å². The highest BCUT2D eigenvalue weighted by Gasteiger charge is 2.14. The van der Waals surface area contributed by atoms with Crippen LogP contribution in [0.1, 0.15) is 0 Å². The maximum Gasteiger partial charge on any atom is 0.343 e. The number of allylic oxidation sites excluding steroid dienone is 2. The van der Waals surface area contributed by atoms with E-state index in [1.54, 1.807) is 0 Å². The molecule has 0 spiro atoms. The second-order valence-electron chi connectivity index (χ2n) is 1.65. The zero-order valence-electron chi connectivity index (χ0n) is 5.62. The number of hydrogen-bond acceptors (Lipinski definition) is 2. The quantitative estimate of drug-likeness (QED) is 0.320. The highest BCUT2D eigenvalue weighted by Crippen LogP contribution is 2.07. The molecule has 12 heavy (non-hydrogen) atoms. The average molecular weight is 211 g/mol. The third-order valence-corrected chi connectivity index (χ3v) is 1.09. The molecular formula is C6H4Cl2O4. The van der Waals surface area contributed by atoms with Crippen molar-refractivity contribution in [1.82, 2.24) is 0 Å². The monoisotopic (exact) mass is 210 g/mol. The Kier molecular flexibility index (Phi) is 4.39. The van der Waals surface area contributed by atoms with Crippen LogP contribution in [0.2, 0.25) is 0 Å². The number of halogens is 2. The van der Waals surface area contributed by atoms with Crippen molar-refractivity contribution in [2.24, 2.45) is 0 Å². The summed E-state index contributed by atoms with van der Waals surface area (Å²) in [6.07, 6.45) is 1.78. The van der Waals surface area contributed by atoms with Gasteiger partial charge < -0.3 is 10.2 Å². The Morgan fingerprint density at radius 2 is 1.42 bits per heavy atom. The molecule has 0 radical (unpaired) electrons. The number of carbonyl (C=O) groups is 2. The van der Waals surface area contributed by atoms with Gasteiger partial charge in [-0.2, -0.15) is 0 Å². The highest BCUT2D eigenvalue weighted by atomic mass is 35.5. The van der Waals surface area contributed by atoms with E-state index >= 15 is 0 Å². The lowest BCUT2D eigenvalue weighted by Gasteiger charge is -1.90. The van der Waals surface area contributed by atoms with Crippen molar-refractivity contribution in [3.63, 3.8) is 0 Å². The molecule has 66 valence electrons. The van der Waals surface area contributed by atoms with E-state index < -0.39 is 17.5 Å². The topological polar surface area (TPSA) is 74.6 Å². The van der Waals surface area contributed by atoms with Gasteiger partial charge in [-0.25, -0.2) is 9.59 Å². The van der Waals surface area contributed by atoms with Gasteiger partial charge in [-0.1, -0.05) is 23.2 Å². The molecule has 0 bridgehead atoms. The minimum atomic E-state index is -1.55. The van der Waals surface area contributed by atoms with Gasteiger partial charge >= 0.3 is 11.9 Å². The van der Waals surface area contributed by atoms with E-state index in [0.717, 1.165) is 12.2 Å². The molecule has 0 aromatic rings. The third kappa shape index (κ3) is 4.00. The summed E-state index contributed by atoms with van der Waals surface area (Å²) in [5, 5.41) is 16.6. The lowest BCUT2D eigenvalue weighted by molar-refractivity contribution is -0.140.